The molecule has 3 rings (SSSR count). The summed E-state index contributed by atoms with van der Waals surface area (Å²) in [4.78, 5) is 0. The number of hydrogen-bond acceptors (Lipinski definition) is 2. The second-order valence-corrected chi connectivity index (χ2v) is 6.48. The van der Waals surface area contributed by atoms with Gasteiger partial charge in [0.25, 0.3) is 0 Å². The molecule has 1 aliphatic carbocycles. The van der Waals surface area contributed by atoms with Gasteiger partial charge in [-0.3, -0.25) is 0 Å². The summed E-state index contributed by atoms with van der Waals surface area (Å²) in [5.74, 6) is 0. The van der Waals surface area contributed by atoms with E-state index in [1.54, 1.807) is 6.92 Å². The summed E-state index contributed by atoms with van der Waals surface area (Å²) < 4.78 is 20.2. The second-order valence-electron chi connectivity index (χ2n) is 6.48. The van der Waals surface area contributed by atoms with E-state index < -0.39 is 5.67 Å². The maximum Gasteiger partial charge on any atom is 0.113 e. The van der Waals surface area contributed by atoms with E-state index in [2.05, 4.69) is 23.5 Å². The predicted octanol–water partition coefficient (Wildman–Crippen LogP) is 2.82. The molecule has 0 bridgehead atoms. The molecule has 2 aliphatic rings. The third kappa shape index (κ3) is 3.39. The van der Waals surface area contributed by atoms with Crippen molar-refractivity contribution >= 4 is 0 Å². The Hall–Kier alpha value is -0.930. The highest BCUT2D eigenvalue weighted by Crippen LogP contribution is 2.28. The Balaban J connectivity index is 1.63. The van der Waals surface area contributed by atoms with Crippen LogP contribution in [0.2, 0.25) is 0 Å². The monoisotopic (exact) mass is 277 g/mol. The number of ether oxygens (including phenoxy) is 1. The molecule has 1 saturated heterocycles. The lowest BCUT2D eigenvalue weighted by molar-refractivity contribution is 0.0483. The molecule has 1 aliphatic heterocycles. The highest BCUT2D eigenvalue weighted by atomic mass is 19.1. The first-order chi connectivity index (χ1) is 9.62. The Morgan fingerprint density at radius 3 is 3.00 bits per heavy atom. The molecule has 0 radical (unpaired) electrons. The van der Waals surface area contributed by atoms with Crippen LogP contribution in [0.3, 0.4) is 0 Å². The van der Waals surface area contributed by atoms with Gasteiger partial charge in [-0.15, -0.1) is 0 Å². The highest BCUT2D eigenvalue weighted by Gasteiger charge is 2.29. The van der Waals surface area contributed by atoms with E-state index in [0.29, 0.717) is 19.4 Å². The van der Waals surface area contributed by atoms with Crippen molar-refractivity contribution in [1.29, 1.82) is 0 Å². The summed E-state index contributed by atoms with van der Waals surface area (Å²) in [5, 5.41) is 3.34. The van der Waals surface area contributed by atoms with Crippen LogP contribution in [0.4, 0.5) is 4.39 Å². The second kappa shape index (κ2) is 5.82. The van der Waals surface area contributed by atoms with Gasteiger partial charge in [-0.25, -0.2) is 4.39 Å². The number of nitrogens with one attached hydrogen (secondary N) is 1. The number of morpholine rings is 1. The van der Waals surface area contributed by atoms with Crippen LogP contribution in [-0.4, -0.2) is 31.5 Å². The molecule has 3 heteroatoms. The molecule has 0 saturated carbocycles. The summed E-state index contributed by atoms with van der Waals surface area (Å²) in [6.07, 6.45) is 4.60. The number of rotatable bonds is 4. The van der Waals surface area contributed by atoms with Crippen LogP contribution in [0.1, 0.15) is 36.5 Å². The van der Waals surface area contributed by atoms with Gasteiger partial charge in [0.15, 0.2) is 0 Å². The summed E-state index contributed by atoms with van der Waals surface area (Å²) in [7, 11) is 0. The zero-order valence-electron chi connectivity index (χ0n) is 12.3. The first kappa shape index (κ1) is 14.0. The summed E-state index contributed by atoms with van der Waals surface area (Å²) in [5.41, 5.74) is 2.84. The molecular formula is C17H24FNO. The maximum atomic E-state index is 14.8. The lowest BCUT2D eigenvalue weighted by Gasteiger charge is -2.30. The fourth-order valence-electron chi connectivity index (χ4n) is 3.50. The smallest absolute Gasteiger partial charge is 0.113 e. The minimum Gasteiger partial charge on any atom is -0.379 e. The zero-order chi connectivity index (χ0) is 14.0. The number of hydrogen-bond donors (Lipinski definition) is 1. The molecule has 2 atom stereocenters. The SMILES string of the molecule is CC(F)(Cc1ccc2c(c1)CCC2)CC1COCCN1. The number of halogens is 1. The zero-order valence-corrected chi connectivity index (χ0v) is 12.3. The minimum atomic E-state index is -1.18. The minimum absolute atomic E-state index is 0.146. The number of fused-ring (bicyclic) bond motifs is 1. The van der Waals surface area contributed by atoms with Crippen molar-refractivity contribution in [3.8, 4) is 0 Å². The van der Waals surface area contributed by atoms with Crippen molar-refractivity contribution < 1.29 is 9.13 Å². The van der Waals surface area contributed by atoms with Crippen LogP contribution in [0, 0.1) is 0 Å². The van der Waals surface area contributed by atoms with Gasteiger partial charge in [0, 0.05) is 19.0 Å². The number of benzene rings is 1. The van der Waals surface area contributed by atoms with E-state index >= 15 is 0 Å². The summed E-state index contributed by atoms with van der Waals surface area (Å²) >= 11 is 0. The normalized spacial score (nSPS) is 25.2. The fraction of sp³-hybridized carbons (Fsp3) is 0.647. The Morgan fingerprint density at radius 1 is 1.35 bits per heavy atom. The molecule has 0 aromatic heterocycles. The molecule has 1 aromatic rings. The molecule has 20 heavy (non-hydrogen) atoms. The summed E-state index contributed by atoms with van der Waals surface area (Å²) in [6, 6.07) is 6.65. The van der Waals surface area contributed by atoms with Crippen LogP contribution in [0.15, 0.2) is 18.2 Å². The van der Waals surface area contributed by atoms with Crippen molar-refractivity contribution in [3.05, 3.63) is 34.9 Å². The first-order valence-electron chi connectivity index (χ1n) is 7.73. The molecule has 0 amide bonds. The standard InChI is InChI=1S/C17H24FNO/c1-17(18,11-16-12-20-8-7-19-16)10-13-5-6-14-3-2-4-15(14)9-13/h5-6,9,16,19H,2-4,7-8,10-12H2,1H3. The number of aryl methyl sites for hydroxylation is 2. The van der Waals surface area contributed by atoms with Gasteiger partial charge in [0.1, 0.15) is 5.67 Å². The van der Waals surface area contributed by atoms with Crippen LogP contribution in [-0.2, 0) is 24.0 Å². The van der Waals surface area contributed by atoms with Gasteiger partial charge >= 0.3 is 0 Å². The van der Waals surface area contributed by atoms with E-state index in [1.165, 1.54) is 24.0 Å². The van der Waals surface area contributed by atoms with Crippen molar-refractivity contribution in [2.45, 2.75) is 50.7 Å². The topological polar surface area (TPSA) is 21.3 Å². The highest BCUT2D eigenvalue weighted by molar-refractivity contribution is 5.35. The van der Waals surface area contributed by atoms with Crippen molar-refractivity contribution in [1.82, 2.24) is 5.32 Å². The predicted molar refractivity (Wildman–Crippen MR) is 78.9 cm³/mol. The Labute approximate surface area is 120 Å². The van der Waals surface area contributed by atoms with Crippen molar-refractivity contribution in [2.24, 2.45) is 0 Å². The van der Waals surface area contributed by atoms with Crippen LogP contribution >= 0.6 is 0 Å². The molecule has 110 valence electrons. The first-order valence-corrected chi connectivity index (χ1v) is 7.73. The van der Waals surface area contributed by atoms with Crippen molar-refractivity contribution in [3.63, 3.8) is 0 Å². The van der Waals surface area contributed by atoms with E-state index in [4.69, 9.17) is 4.74 Å². The molecule has 2 nitrogen and oxygen atoms in total. The average Bonchev–Trinajstić information content (AvgIpc) is 2.86. The van der Waals surface area contributed by atoms with Crippen LogP contribution in [0.5, 0.6) is 0 Å². The third-order valence-electron chi connectivity index (χ3n) is 4.41. The Morgan fingerprint density at radius 2 is 2.20 bits per heavy atom. The molecule has 1 N–H and O–H groups in total. The van der Waals surface area contributed by atoms with E-state index in [1.807, 2.05) is 0 Å². The lowest BCUT2D eigenvalue weighted by Crippen LogP contribution is -2.45. The molecule has 1 aromatic carbocycles. The Kier molecular flexibility index (Phi) is 4.08. The van der Waals surface area contributed by atoms with Gasteiger partial charge in [-0.05, 0) is 49.3 Å². The van der Waals surface area contributed by atoms with Gasteiger partial charge in [0.05, 0.1) is 13.2 Å². The van der Waals surface area contributed by atoms with E-state index in [9.17, 15) is 4.39 Å². The molecule has 1 fully saturated rings. The lowest BCUT2D eigenvalue weighted by atomic mass is 9.90. The van der Waals surface area contributed by atoms with Crippen LogP contribution < -0.4 is 5.32 Å². The average molecular weight is 277 g/mol. The molecule has 2 unspecified atom stereocenters. The molecular weight excluding hydrogens is 253 g/mol. The summed E-state index contributed by atoms with van der Waals surface area (Å²) in [6.45, 7) is 3.92. The van der Waals surface area contributed by atoms with Crippen molar-refractivity contribution in [2.75, 3.05) is 19.8 Å². The van der Waals surface area contributed by atoms with Gasteiger partial charge in [-0.1, -0.05) is 18.2 Å². The van der Waals surface area contributed by atoms with Crippen LogP contribution in [0.25, 0.3) is 0 Å². The fourth-order valence-corrected chi connectivity index (χ4v) is 3.50. The van der Waals surface area contributed by atoms with E-state index in [-0.39, 0.29) is 6.04 Å². The molecule has 1 heterocycles. The third-order valence-corrected chi connectivity index (χ3v) is 4.41. The van der Waals surface area contributed by atoms with Gasteiger partial charge in [-0.2, -0.15) is 0 Å². The number of alkyl halides is 1. The maximum absolute atomic E-state index is 14.8. The van der Waals surface area contributed by atoms with Gasteiger partial charge < -0.3 is 10.1 Å². The molecule has 0 spiro atoms. The van der Waals surface area contributed by atoms with Gasteiger partial charge in [0.2, 0.25) is 0 Å². The Bertz CT molecular complexity index is 466. The van der Waals surface area contributed by atoms with E-state index in [0.717, 1.165) is 25.1 Å². The largest absolute Gasteiger partial charge is 0.379 e. The quantitative estimate of drug-likeness (QED) is 0.914.